The maximum atomic E-state index is 12.6. The molecule has 0 aliphatic rings. The number of aromatic nitrogens is 2. The first-order valence-corrected chi connectivity index (χ1v) is 16.6. The van der Waals surface area contributed by atoms with E-state index >= 15 is 0 Å². The van der Waals surface area contributed by atoms with Gasteiger partial charge >= 0.3 is 5.97 Å². The predicted octanol–water partition coefficient (Wildman–Crippen LogP) is 7.82. The van der Waals surface area contributed by atoms with Crippen molar-refractivity contribution in [3.8, 4) is 17.2 Å². The van der Waals surface area contributed by atoms with Gasteiger partial charge in [-0.05, 0) is 109 Å². The number of nitrogens with zero attached hydrogens (tertiary/aromatic N) is 2. The number of nitrogens with one attached hydrogen (secondary N) is 3. The van der Waals surface area contributed by atoms with Crippen LogP contribution in [0.15, 0.2) is 73.1 Å². The molecule has 11 nitrogen and oxygen atoms in total. The van der Waals surface area contributed by atoms with Crippen LogP contribution in [0.25, 0.3) is 0 Å². The first-order chi connectivity index (χ1) is 23.7. The third-order valence-electron chi connectivity index (χ3n) is 7.09. The molecule has 1 amide bonds. The summed E-state index contributed by atoms with van der Waals surface area (Å²) in [5, 5.41) is 9.86. The Morgan fingerprint density at radius 3 is 2.32 bits per heavy atom. The fourth-order valence-corrected chi connectivity index (χ4v) is 5.15. The number of amides is 1. The molecule has 1 heterocycles. The van der Waals surface area contributed by atoms with Crippen LogP contribution in [-0.2, 0) is 9.53 Å². The zero-order valence-corrected chi connectivity index (χ0v) is 30.2. The molecule has 12 heteroatoms. The van der Waals surface area contributed by atoms with Crippen molar-refractivity contribution in [3.05, 3.63) is 100 Å². The smallest absolute Gasteiger partial charge is 0.306 e. The Kier molecular flexibility index (Phi) is 12.6. The van der Waals surface area contributed by atoms with Crippen molar-refractivity contribution in [2.75, 3.05) is 19.0 Å². The van der Waals surface area contributed by atoms with Crippen molar-refractivity contribution in [3.63, 3.8) is 0 Å². The number of aldehydes is 1. The van der Waals surface area contributed by atoms with Gasteiger partial charge in [0.15, 0.2) is 6.29 Å². The molecule has 3 N–H and O–H groups in total. The monoisotopic (exact) mass is 701 g/mol. The van der Waals surface area contributed by atoms with Gasteiger partial charge in [0.2, 0.25) is 0 Å². The Balaban J connectivity index is 1.54. The van der Waals surface area contributed by atoms with Crippen LogP contribution in [0, 0.1) is 0 Å². The highest BCUT2D eigenvalue weighted by Gasteiger charge is 2.23. The molecule has 1 atom stereocenters. The molecule has 0 radical (unpaired) electrons. The molecule has 0 aliphatic heterocycles. The van der Waals surface area contributed by atoms with Gasteiger partial charge in [-0.3, -0.25) is 14.4 Å². The quantitative estimate of drug-likeness (QED) is 0.0677. The molecule has 50 heavy (non-hydrogen) atoms. The highest BCUT2D eigenvalue weighted by atomic mass is 35.5. The highest BCUT2D eigenvalue weighted by molar-refractivity contribution is 6.32. The van der Waals surface area contributed by atoms with Crippen LogP contribution in [0.3, 0.4) is 0 Å². The van der Waals surface area contributed by atoms with E-state index in [1.54, 1.807) is 49.6 Å². The van der Waals surface area contributed by atoms with Crippen LogP contribution >= 0.6 is 11.6 Å². The van der Waals surface area contributed by atoms with Gasteiger partial charge in [0.05, 0.1) is 29.4 Å². The van der Waals surface area contributed by atoms with Gasteiger partial charge in [-0.25, -0.2) is 9.97 Å². The van der Waals surface area contributed by atoms with Gasteiger partial charge < -0.3 is 30.2 Å². The summed E-state index contributed by atoms with van der Waals surface area (Å²) >= 11 is 6.62. The number of carbonyl (C=O) groups is 3. The summed E-state index contributed by atoms with van der Waals surface area (Å²) in [7, 11) is 1.59. The van der Waals surface area contributed by atoms with E-state index in [1.807, 2.05) is 65.8 Å². The molecule has 264 valence electrons. The third kappa shape index (κ3) is 11.0. The van der Waals surface area contributed by atoms with E-state index in [9.17, 15) is 14.4 Å². The lowest BCUT2D eigenvalue weighted by Gasteiger charge is -2.22. The van der Waals surface area contributed by atoms with Crippen LogP contribution in [0.2, 0.25) is 5.02 Å². The first kappa shape index (κ1) is 37.8. The minimum absolute atomic E-state index is 0.214. The summed E-state index contributed by atoms with van der Waals surface area (Å²) in [5.74, 6) is 1.28. The van der Waals surface area contributed by atoms with Crippen molar-refractivity contribution in [1.29, 1.82) is 0 Å². The predicted molar refractivity (Wildman–Crippen MR) is 194 cm³/mol. The number of halogens is 1. The van der Waals surface area contributed by atoms with Crippen LogP contribution in [0.5, 0.6) is 17.2 Å². The maximum Gasteiger partial charge on any atom is 0.306 e. The van der Waals surface area contributed by atoms with Gasteiger partial charge in [-0.15, -0.1) is 0 Å². The Bertz CT molecular complexity index is 1800. The number of hydrogen-bond donors (Lipinski definition) is 3. The molecule has 0 bridgehead atoms. The topological polar surface area (TPSA) is 141 Å². The average molecular weight is 702 g/mol. The summed E-state index contributed by atoms with van der Waals surface area (Å²) in [6.45, 7) is 11.7. The maximum absolute atomic E-state index is 12.6. The van der Waals surface area contributed by atoms with E-state index in [-0.39, 0.29) is 35.2 Å². The second-order valence-electron chi connectivity index (χ2n) is 13.6. The van der Waals surface area contributed by atoms with E-state index in [0.29, 0.717) is 58.5 Å². The highest BCUT2D eigenvalue weighted by Crippen LogP contribution is 2.34. The van der Waals surface area contributed by atoms with Gasteiger partial charge in [-0.1, -0.05) is 29.8 Å². The first-order valence-electron chi connectivity index (χ1n) is 16.2. The number of benzene rings is 3. The number of ether oxygens (including phenoxy) is 3. The zero-order valence-electron chi connectivity index (χ0n) is 29.4. The number of carbonyl (C=O) groups excluding carboxylic acids is 3. The molecule has 0 fully saturated rings. The van der Waals surface area contributed by atoms with Gasteiger partial charge in [-0.2, -0.15) is 0 Å². The van der Waals surface area contributed by atoms with E-state index in [2.05, 4.69) is 25.9 Å². The third-order valence-corrected chi connectivity index (χ3v) is 7.38. The van der Waals surface area contributed by atoms with E-state index in [4.69, 9.17) is 25.8 Å². The van der Waals surface area contributed by atoms with Crippen molar-refractivity contribution >= 4 is 41.3 Å². The van der Waals surface area contributed by atoms with Crippen molar-refractivity contribution < 1.29 is 28.6 Å². The molecular weight excluding hydrogens is 658 g/mol. The van der Waals surface area contributed by atoms with Gasteiger partial charge in [0.25, 0.3) is 5.91 Å². The lowest BCUT2D eigenvalue weighted by molar-refractivity contribution is -0.154. The second-order valence-corrected chi connectivity index (χ2v) is 14.0. The van der Waals surface area contributed by atoms with E-state index in [1.165, 1.54) is 6.33 Å². The fourth-order valence-electron chi connectivity index (χ4n) is 4.93. The summed E-state index contributed by atoms with van der Waals surface area (Å²) in [6.07, 6.45) is 2.83. The SMILES string of the molecule is COc1ccc(C(NCCCC(=O)OC(C)(C)C)c2ncnc(Nc3ccc(Oc4cccc(C(=O)NC(C)(C)C)c4)c(Cl)c3)c2C=O)cc1. The summed E-state index contributed by atoms with van der Waals surface area (Å²) in [4.78, 5) is 46.4. The zero-order chi connectivity index (χ0) is 36.5. The number of hydrogen-bond acceptors (Lipinski definition) is 10. The van der Waals surface area contributed by atoms with Crippen molar-refractivity contribution in [1.82, 2.24) is 20.6 Å². The average Bonchev–Trinajstić information content (AvgIpc) is 3.05. The molecular formula is C38H44ClN5O6. The molecule has 4 rings (SSSR count). The normalized spacial score (nSPS) is 12.1. The molecule has 0 saturated carbocycles. The molecule has 0 spiro atoms. The molecule has 1 unspecified atom stereocenters. The number of rotatable bonds is 14. The second kappa shape index (κ2) is 16.6. The number of methoxy groups -OCH3 is 1. The van der Waals surface area contributed by atoms with Gasteiger partial charge in [0.1, 0.15) is 35.0 Å². The van der Waals surface area contributed by atoms with Crippen LogP contribution in [0.4, 0.5) is 11.5 Å². The molecule has 1 aromatic heterocycles. The minimum atomic E-state index is -0.561. The summed E-state index contributed by atoms with van der Waals surface area (Å²) in [5.41, 5.74) is 1.59. The summed E-state index contributed by atoms with van der Waals surface area (Å²) < 4.78 is 16.8. The van der Waals surface area contributed by atoms with Crippen LogP contribution in [0.1, 0.15) is 92.4 Å². The molecule has 3 aromatic carbocycles. The Morgan fingerprint density at radius 2 is 1.68 bits per heavy atom. The number of esters is 1. The molecule has 0 aliphatic carbocycles. The van der Waals surface area contributed by atoms with Crippen LogP contribution in [-0.4, -0.2) is 52.9 Å². The van der Waals surface area contributed by atoms with E-state index < -0.39 is 11.6 Å². The van der Waals surface area contributed by atoms with Crippen molar-refractivity contribution in [2.24, 2.45) is 0 Å². The Morgan fingerprint density at radius 1 is 0.940 bits per heavy atom. The minimum Gasteiger partial charge on any atom is -0.497 e. The number of anilines is 2. The molecule has 0 saturated heterocycles. The summed E-state index contributed by atoms with van der Waals surface area (Å²) in [6, 6.07) is 18.8. The molecule has 4 aromatic rings. The van der Waals surface area contributed by atoms with Crippen molar-refractivity contribution in [2.45, 2.75) is 71.6 Å². The standard InChI is InChI=1S/C38H44ClN5O6/c1-37(2,3)44-36(47)25-10-8-11-28(20-25)49-31-18-15-26(21-30(31)39)43-35-29(22-45)34(41-23-42-35)33(24-13-16-27(48-7)17-14-24)40-19-9-12-32(46)50-38(4,5)6/h8,10-11,13-18,20-23,33,40H,9,12,19H2,1-7H3,(H,44,47)(H,41,42,43). The Hall–Kier alpha value is -5.00. The van der Waals surface area contributed by atoms with Gasteiger partial charge in [0, 0.05) is 23.2 Å². The lowest BCUT2D eigenvalue weighted by Crippen LogP contribution is -2.40. The Labute approximate surface area is 298 Å². The largest absolute Gasteiger partial charge is 0.497 e. The lowest BCUT2D eigenvalue weighted by atomic mass is 9.99. The van der Waals surface area contributed by atoms with Crippen LogP contribution < -0.4 is 25.4 Å². The fraction of sp³-hybridized carbons (Fsp3) is 0.342. The van der Waals surface area contributed by atoms with E-state index in [0.717, 1.165) is 5.56 Å².